The number of hydrogen-bond donors (Lipinski definition) is 1. The van der Waals surface area contributed by atoms with Gasteiger partial charge in [0.2, 0.25) is 30.2 Å². The number of hydrogen-bond acceptors (Lipinski definition) is 14. The van der Waals surface area contributed by atoms with Crippen molar-refractivity contribution >= 4 is 59.2 Å². The molecule has 6 aromatic heterocycles. The lowest BCUT2D eigenvalue weighted by Crippen LogP contribution is -2.43. The Hall–Kier alpha value is -11.3. The second kappa shape index (κ2) is 48.0. The number of alkyl halides is 3. The van der Waals surface area contributed by atoms with Crippen molar-refractivity contribution in [3.05, 3.63) is 256 Å². The van der Waals surface area contributed by atoms with Crippen molar-refractivity contribution < 1.29 is 46.7 Å². The van der Waals surface area contributed by atoms with Crippen molar-refractivity contribution in [2.75, 3.05) is 26.2 Å². The number of ketones is 3. The molecule has 2 saturated carbocycles. The minimum absolute atomic E-state index is 0. The SMILES string of the molecule is C.CC.CC(C)C.CC(C)c1cnc(-c2ccccc2C(N)=O)nc1.CC(C)c1cnc2c(c1)CC(=O)C(C1CC1)=C2.CC(C)c1cnc2c(c1)CC(=O)C(C1CCC1)=C2.CC(C)c1cnc2c(c1)CC(=O)N(CC(F)(F)F)C2.CC(C)c1cnc2c(c1)CC(=O)N1CCCCC21.CCN1Cc2ccc(C(C)C)cc2CC1=O.[C-]#[N+]CC1=Cc2ncc(C(C)C)cc2CC1=O. The van der Waals surface area contributed by atoms with Crippen LogP contribution in [0, 0.1) is 24.3 Å². The molecular weight excluding hydrogens is 1630 g/mol. The van der Waals surface area contributed by atoms with Gasteiger partial charge < -0.3 is 25.3 Å². The molecule has 2 aromatic carbocycles. The fraction of sp³-hybridized carbons (Fsp3) is 0.491. The first-order valence-corrected chi connectivity index (χ1v) is 46.5. The number of piperidine rings is 1. The maximum Gasteiger partial charge on any atom is 0.406 e. The Morgan fingerprint density at radius 3 is 1.36 bits per heavy atom. The Morgan fingerprint density at radius 2 is 0.892 bits per heavy atom. The van der Waals surface area contributed by atoms with Crippen molar-refractivity contribution in [1.82, 2.24) is 49.6 Å². The summed E-state index contributed by atoms with van der Waals surface area (Å²) in [6, 6.07) is 24.3. The molecular formula is C108H139F3N12O7. The highest BCUT2D eigenvalue weighted by Crippen LogP contribution is 2.42. The third-order valence-corrected chi connectivity index (χ3v) is 24.3. The number of halogens is 3. The third-order valence-electron chi connectivity index (χ3n) is 24.3. The Kier molecular flexibility index (Phi) is 38.4. The number of pyridine rings is 5. The second-order valence-corrected chi connectivity index (χ2v) is 37.5. The van der Waals surface area contributed by atoms with Gasteiger partial charge in [-0.25, -0.2) is 16.5 Å². The summed E-state index contributed by atoms with van der Waals surface area (Å²) >= 11 is 0. The molecule has 19 nitrogen and oxygen atoms in total. The van der Waals surface area contributed by atoms with Crippen molar-refractivity contribution in [2.45, 2.75) is 303 Å². The van der Waals surface area contributed by atoms with E-state index < -0.39 is 24.5 Å². The van der Waals surface area contributed by atoms with Crippen LogP contribution in [0.3, 0.4) is 0 Å². The Balaban J connectivity index is 0.000000185. The number of Topliss-reactive ketones (excluding diaryl/α,β-unsaturated/α-hetero) is 3. The number of aromatic nitrogens is 7. The summed E-state index contributed by atoms with van der Waals surface area (Å²) < 4.78 is 37.0. The van der Waals surface area contributed by atoms with Gasteiger partial charge in [-0.1, -0.05) is 212 Å². The molecule has 8 aromatic rings. The van der Waals surface area contributed by atoms with Crippen LogP contribution in [0.2, 0.25) is 0 Å². The topological polar surface area (TPSA) is 250 Å². The summed E-state index contributed by atoms with van der Waals surface area (Å²) in [6.07, 6.45) is 26.4. The van der Waals surface area contributed by atoms with Crippen molar-refractivity contribution in [2.24, 2.45) is 23.5 Å². The smallest absolute Gasteiger partial charge is 0.366 e. The lowest BCUT2D eigenvalue weighted by atomic mass is 9.75. The molecule has 9 aliphatic rings. The normalized spacial score (nSPS) is 16.3. The summed E-state index contributed by atoms with van der Waals surface area (Å²) in [5.41, 5.74) is 29.5. The van der Waals surface area contributed by atoms with Gasteiger partial charge in [-0.3, -0.25) is 58.5 Å². The van der Waals surface area contributed by atoms with Crippen molar-refractivity contribution in [1.29, 1.82) is 0 Å². The highest BCUT2D eigenvalue weighted by atomic mass is 19.4. The Bertz CT molecular complexity index is 5430. The summed E-state index contributed by atoms with van der Waals surface area (Å²) in [6.45, 7) is 50.4. The van der Waals surface area contributed by atoms with E-state index in [2.05, 4.69) is 186 Å². The summed E-state index contributed by atoms with van der Waals surface area (Å²) in [7, 11) is 0. The van der Waals surface area contributed by atoms with E-state index in [1.165, 1.54) is 71.9 Å². The van der Waals surface area contributed by atoms with E-state index in [1.54, 1.807) is 42.9 Å². The summed E-state index contributed by atoms with van der Waals surface area (Å²) in [5, 5.41) is 0. The molecule has 2 N–H and O–H groups in total. The minimum Gasteiger partial charge on any atom is -0.366 e. The quantitative estimate of drug-likeness (QED) is 0.0995. The molecule has 130 heavy (non-hydrogen) atoms. The fourth-order valence-electron chi connectivity index (χ4n) is 15.9. The molecule has 0 radical (unpaired) electrons. The molecule has 1 saturated heterocycles. The zero-order chi connectivity index (χ0) is 94.4. The van der Waals surface area contributed by atoms with Crippen LogP contribution >= 0.6 is 0 Å². The third kappa shape index (κ3) is 28.6. The molecule has 17 rings (SSSR count). The Labute approximate surface area is 771 Å². The first kappa shape index (κ1) is 104. The molecule has 0 bridgehead atoms. The molecule has 4 amide bonds. The predicted octanol–water partition coefficient (Wildman–Crippen LogP) is 23.1. The van der Waals surface area contributed by atoms with Crippen LogP contribution in [0.25, 0.3) is 34.5 Å². The molecule has 0 spiro atoms. The predicted molar refractivity (Wildman–Crippen MR) is 514 cm³/mol. The standard InChI is InChI=1S/C16H19NO.C15H20N2O.C15H17NO.C14H15N3O.C14H14N2O.C14H19NO.C13H15F3N2O.C4H10.C2H6.CH4/c1-10(2)13-6-12-7-16(18)14(11-4-3-5-11)8-15(12)17-9-13;1-10(2)12-7-11-8-14(18)17-6-4-3-5-13(17)15(11)16-9-12;1-9(2)12-5-11-6-15(17)13(10-3-4-10)7-14(11)16-8-12;1-9(2)10-7-16-14(17-8-10)12-6-4-3-5-11(12)13(15)18;1-9(2)11-4-10-6-14(17)12(7-15-3)5-13(10)16-8-11;1-4-15-9-12-6-5-11(10(2)3)7-13(12)8-14(15)16;1-8(2)10-3-9-4-12(19)18(7-13(14,15)16)6-11(9)17-5-10;1-4(2)3;1-2;/h6,8-11H,3-5,7H2,1-2H3;7,9-10,13H,3-6,8H2,1-2H3;5,7-10H,3-4,6H2,1-2H3;3-9H,1-2H3,(H2,15,18);4-5,8-9H,6-7H2,1-2H3;5-7,10H,4,8-9H2,1-3H3;3,5,8H,4,6-7H2,1-2H3;4H,1-3H3;1-2H3;1H4. The molecule has 5 aliphatic carbocycles. The first-order chi connectivity index (χ1) is 61.3. The number of primary amides is 1. The maximum atomic E-state index is 12.3. The van der Waals surface area contributed by atoms with E-state index >= 15 is 0 Å². The number of allylic oxidation sites excluding steroid dienone is 2. The number of nitrogens with two attached hydrogens (primary N) is 1. The fourth-order valence-corrected chi connectivity index (χ4v) is 15.9. The zero-order valence-electron chi connectivity index (χ0n) is 79.7. The van der Waals surface area contributed by atoms with E-state index in [9.17, 15) is 46.7 Å². The minimum atomic E-state index is -4.37. The van der Waals surface area contributed by atoms with E-state index in [1.807, 2.05) is 93.5 Å². The maximum absolute atomic E-state index is 12.3. The van der Waals surface area contributed by atoms with Gasteiger partial charge in [0, 0.05) is 99.0 Å². The molecule has 10 heterocycles. The van der Waals surface area contributed by atoms with E-state index in [0.29, 0.717) is 119 Å². The monoisotopic (exact) mass is 1770 g/mol. The number of benzene rings is 2. The highest BCUT2D eigenvalue weighted by Gasteiger charge is 2.39. The van der Waals surface area contributed by atoms with Crippen LogP contribution in [-0.2, 0) is 80.4 Å². The number of amides is 4. The van der Waals surface area contributed by atoms with Gasteiger partial charge in [-0.15, -0.1) is 0 Å². The number of nitrogens with zero attached hydrogens (tertiary/aromatic N) is 11. The van der Waals surface area contributed by atoms with Crippen LogP contribution in [-0.4, -0.2) is 123 Å². The van der Waals surface area contributed by atoms with Crippen molar-refractivity contribution in [3.63, 3.8) is 0 Å². The Morgan fingerprint density at radius 1 is 0.462 bits per heavy atom. The van der Waals surface area contributed by atoms with Gasteiger partial charge in [0.15, 0.2) is 23.2 Å². The summed E-state index contributed by atoms with van der Waals surface area (Å²) in [4.78, 5) is 122. The first-order valence-electron chi connectivity index (χ1n) is 46.5. The molecule has 694 valence electrons. The lowest BCUT2D eigenvalue weighted by Gasteiger charge is -2.39. The number of likely N-dealkylation sites (N-methyl/N-ethyl adjacent to an activating group) is 1. The number of fused-ring (bicyclic) bond motifs is 8. The van der Waals surface area contributed by atoms with Crippen LogP contribution in [0.5, 0.6) is 0 Å². The van der Waals surface area contributed by atoms with Crippen LogP contribution < -0.4 is 5.73 Å². The van der Waals surface area contributed by atoms with Gasteiger partial charge in [-0.2, -0.15) is 13.2 Å². The largest absolute Gasteiger partial charge is 0.406 e. The van der Waals surface area contributed by atoms with Gasteiger partial charge in [0.1, 0.15) is 6.54 Å². The number of carbonyl (C=O) groups excluding carboxylic acids is 7. The van der Waals surface area contributed by atoms with E-state index in [4.69, 9.17) is 12.3 Å². The molecule has 1 atom stereocenters. The average Bonchev–Trinajstić information content (AvgIpc) is 1.13. The van der Waals surface area contributed by atoms with Crippen LogP contribution in [0.4, 0.5) is 13.2 Å². The lowest BCUT2D eigenvalue weighted by molar-refractivity contribution is -0.163. The molecule has 1 unspecified atom stereocenters. The number of carbonyl (C=O) groups is 7. The molecule has 4 aliphatic heterocycles. The van der Waals surface area contributed by atoms with E-state index in [0.717, 1.165) is 122 Å². The van der Waals surface area contributed by atoms with E-state index in [-0.39, 0.29) is 56.5 Å². The second-order valence-electron chi connectivity index (χ2n) is 37.5. The zero-order valence-corrected chi connectivity index (χ0v) is 79.7. The van der Waals surface area contributed by atoms with Gasteiger partial charge in [0.05, 0.1) is 71.5 Å². The van der Waals surface area contributed by atoms with Crippen LogP contribution in [0.1, 0.15) is 361 Å². The van der Waals surface area contributed by atoms with Gasteiger partial charge in [-0.05, 0) is 213 Å². The molecule has 22 heteroatoms. The van der Waals surface area contributed by atoms with Gasteiger partial charge >= 0.3 is 6.18 Å². The molecule has 3 fully saturated rings. The average molecular weight is 1770 g/mol. The van der Waals surface area contributed by atoms with Crippen molar-refractivity contribution in [3.8, 4) is 11.4 Å². The summed E-state index contributed by atoms with van der Waals surface area (Å²) in [5.74, 6) is 5.67. The van der Waals surface area contributed by atoms with Gasteiger partial charge in [0.25, 0.3) is 0 Å². The van der Waals surface area contributed by atoms with Crippen LogP contribution in [0.15, 0.2) is 133 Å². The number of rotatable bonds is 14. The highest BCUT2D eigenvalue weighted by molar-refractivity contribution is 6.05.